The van der Waals surface area contributed by atoms with E-state index < -0.39 is 40.2 Å². The lowest BCUT2D eigenvalue weighted by atomic mass is 9.54. The predicted octanol–water partition coefficient (Wildman–Crippen LogP) is 3.75. The van der Waals surface area contributed by atoms with Gasteiger partial charge in [0.05, 0.1) is 29.3 Å². The molecular formula is C22H22BrNO5. The van der Waals surface area contributed by atoms with Crippen LogP contribution in [-0.4, -0.2) is 33.7 Å². The maximum Gasteiger partial charge on any atom is 0.228 e. The molecule has 1 aliphatic carbocycles. The first-order chi connectivity index (χ1) is 13.7. The van der Waals surface area contributed by atoms with Gasteiger partial charge in [-0.05, 0) is 31.0 Å². The molecule has 6 nitrogen and oxygen atoms in total. The number of Topliss-reactive ketones (excluding diaryl/α,β-unsaturated/α-hetero) is 1. The van der Waals surface area contributed by atoms with Crippen molar-refractivity contribution in [3.8, 4) is 0 Å². The molecule has 1 N–H and O–H groups in total. The molecule has 0 aliphatic heterocycles. The largest absolute Gasteiger partial charge is 0.389 e. The number of hydrogen-bond donors (Lipinski definition) is 1. The number of carbonyl (C=O) groups excluding carboxylic acids is 2. The zero-order valence-electron chi connectivity index (χ0n) is 16.1. The van der Waals surface area contributed by atoms with Crippen LogP contribution in [0, 0.1) is 22.0 Å². The highest BCUT2D eigenvalue weighted by Gasteiger charge is 2.63. The molecular weight excluding hydrogens is 438 g/mol. The molecule has 0 heterocycles. The molecule has 6 atom stereocenters. The highest BCUT2D eigenvalue weighted by atomic mass is 79.9. The summed E-state index contributed by atoms with van der Waals surface area (Å²) in [6.45, 7) is 2.75. The summed E-state index contributed by atoms with van der Waals surface area (Å²) in [6, 6.07) is 14.5. The van der Waals surface area contributed by atoms with E-state index in [1.165, 1.54) is 13.8 Å². The van der Waals surface area contributed by atoms with Gasteiger partial charge in [0.15, 0.2) is 0 Å². The van der Waals surface area contributed by atoms with Gasteiger partial charge in [0.25, 0.3) is 0 Å². The monoisotopic (exact) mass is 459 g/mol. The van der Waals surface area contributed by atoms with Crippen LogP contribution >= 0.6 is 15.9 Å². The molecule has 2 aromatic rings. The van der Waals surface area contributed by atoms with Gasteiger partial charge in [-0.2, -0.15) is 0 Å². The average molecular weight is 460 g/mol. The van der Waals surface area contributed by atoms with Gasteiger partial charge in [-0.15, -0.1) is 0 Å². The quantitative estimate of drug-likeness (QED) is 0.417. The van der Waals surface area contributed by atoms with Crippen LogP contribution in [0.5, 0.6) is 0 Å². The van der Waals surface area contributed by atoms with Crippen molar-refractivity contribution in [2.24, 2.45) is 11.8 Å². The minimum atomic E-state index is -1.75. The summed E-state index contributed by atoms with van der Waals surface area (Å²) >= 11 is 3.44. The number of nitrogens with zero attached hydrogens (tertiary/aromatic N) is 1. The fourth-order valence-corrected chi connectivity index (χ4v) is 5.45. The van der Waals surface area contributed by atoms with Crippen molar-refractivity contribution >= 4 is 28.0 Å². The number of rotatable bonds is 5. The second-order valence-corrected chi connectivity index (χ2v) is 8.59. The lowest BCUT2D eigenvalue weighted by molar-refractivity contribution is -0.539. The van der Waals surface area contributed by atoms with Crippen LogP contribution in [-0.2, 0) is 9.59 Å². The summed E-state index contributed by atoms with van der Waals surface area (Å²) in [5.74, 6) is -4.38. The first kappa shape index (κ1) is 21.3. The number of benzene rings is 2. The summed E-state index contributed by atoms with van der Waals surface area (Å²) in [5, 5.41) is 23.8. The van der Waals surface area contributed by atoms with Crippen molar-refractivity contribution in [2.75, 3.05) is 0 Å². The normalized spacial score (nSPS) is 31.8. The average Bonchev–Trinajstić information content (AvgIpc) is 2.67. The van der Waals surface area contributed by atoms with Crippen LogP contribution in [0.4, 0.5) is 0 Å². The van der Waals surface area contributed by atoms with Crippen LogP contribution in [0.3, 0.4) is 0 Å². The highest BCUT2D eigenvalue weighted by Crippen LogP contribution is 2.54. The van der Waals surface area contributed by atoms with Gasteiger partial charge in [0.2, 0.25) is 6.04 Å². The fourth-order valence-electron chi connectivity index (χ4n) is 4.90. The van der Waals surface area contributed by atoms with Crippen LogP contribution < -0.4 is 0 Å². The van der Waals surface area contributed by atoms with Crippen LogP contribution in [0.1, 0.15) is 36.8 Å². The Morgan fingerprint density at radius 2 is 1.72 bits per heavy atom. The SMILES string of the molecule is CC(=O)[C@@H]1[C@@H](c2ccccc2)[C@@H]([N+](=O)[O-])[C@@H](c2ccccc2Br)[C@H](C=O)[C@]1(C)O. The number of carbonyl (C=O) groups is 2. The molecule has 0 saturated heterocycles. The molecule has 7 heteroatoms. The lowest BCUT2D eigenvalue weighted by Crippen LogP contribution is -2.61. The summed E-state index contributed by atoms with van der Waals surface area (Å²) in [5.41, 5.74) is -0.592. The molecule has 1 saturated carbocycles. The maximum atomic E-state index is 12.6. The van der Waals surface area contributed by atoms with Crippen molar-refractivity contribution in [1.29, 1.82) is 0 Å². The van der Waals surface area contributed by atoms with Crippen molar-refractivity contribution in [3.63, 3.8) is 0 Å². The smallest absolute Gasteiger partial charge is 0.228 e. The van der Waals surface area contributed by atoms with E-state index in [1.807, 2.05) is 0 Å². The number of nitro groups is 1. The third-order valence-electron chi connectivity index (χ3n) is 6.06. The second kappa shape index (κ2) is 8.16. The van der Waals surface area contributed by atoms with Gasteiger partial charge >= 0.3 is 0 Å². The van der Waals surface area contributed by atoms with Crippen molar-refractivity contribution in [2.45, 2.75) is 37.3 Å². The van der Waals surface area contributed by atoms with E-state index in [0.717, 1.165) is 0 Å². The Morgan fingerprint density at radius 1 is 1.14 bits per heavy atom. The molecule has 1 fully saturated rings. The van der Waals surface area contributed by atoms with Gasteiger partial charge in [-0.1, -0.05) is 64.5 Å². The molecule has 0 bridgehead atoms. The third kappa shape index (κ3) is 3.65. The van der Waals surface area contributed by atoms with E-state index in [1.54, 1.807) is 54.6 Å². The van der Waals surface area contributed by atoms with E-state index in [2.05, 4.69) is 15.9 Å². The molecule has 152 valence electrons. The minimum absolute atomic E-state index is 0.381. The molecule has 0 radical (unpaired) electrons. The molecule has 0 amide bonds. The Labute approximate surface area is 177 Å². The molecule has 0 unspecified atom stereocenters. The van der Waals surface area contributed by atoms with Crippen LogP contribution in [0.15, 0.2) is 59.1 Å². The predicted molar refractivity (Wildman–Crippen MR) is 111 cm³/mol. The first-order valence-electron chi connectivity index (χ1n) is 9.32. The van der Waals surface area contributed by atoms with Gasteiger partial charge in [-0.25, -0.2) is 0 Å². The first-order valence-corrected chi connectivity index (χ1v) is 10.1. The zero-order chi connectivity index (χ0) is 21.3. The van der Waals surface area contributed by atoms with Gasteiger partial charge in [0, 0.05) is 9.40 Å². The number of halogens is 1. The van der Waals surface area contributed by atoms with E-state index in [0.29, 0.717) is 21.9 Å². The third-order valence-corrected chi connectivity index (χ3v) is 6.79. The van der Waals surface area contributed by atoms with Gasteiger partial charge in [0.1, 0.15) is 12.1 Å². The molecule has 3 rings (SSSR count). The van der Waals surface area contributed by atoms with Crippen molar-refractivity contribution < 1.29 is 19.6 Å². The zero-order valence-corrected chi connectivity index (χ0v) is 17.7. The van der Waals surface area contributed by atoms with Crippen LogP contribution in [0.2, 0.25) is 0 Å². The Kier molecular flexibility index (Phi) is 6.00. The van der Waals surface area contributed by atoms with E-state index in [9.17, 15) is 24.8 Å². The Hall–Kier alpha value is -2.38. The number of aliphatic hydroxyl groups is 1. The molecule has 29 heavy (non-hydrogen) atoms. The van der Waals surface area contributed by atoms with Crippen LogP contribution in [0.25, 0.3) is 0 Å². The summed E-state index contributed by atoms with van der Waals surface area (Å²) in [6.07, 6.45) is 0.553. The van der Waals surface area contributed by atoms with Gasteiger partial charge in [-0.3, -0.25) is 14.9 Å². The molecule has 0 spiro atoms. The molecule has 0 aromatic heterocycles. The van der Waals surface area contributed by atoms with Gasteiger partial charge < -0.3 is 9.90 Å². The molecule has 1 aliphatic rings. The van der Waals surface area contributed by atoms with Crippen molar-refractivity contribution in [1.82, 2.24) is 0 Å². The Morgan fingerprint density at radius 3 is 2.24 bits per heavy atom. The summed E-state index contributed by atoms with van der Waals surface area (Å²) < 4.78 is 0.618. The highest BCUT2D eigenvalue weighted by molar-refractivity contribution is 9.10. The summed E-state index contributed by atoms with van der Waals surface area (Å²) in [7, 11) is 0. The Bertz CT molecular complexity index is 930. The topological polar surface area (TPSA) is 97.5 Å². The maximum absolute atomic E-state index is 12.6. The minimum Gasteiger partial charge on any atom is -0.389 e. The lowest BCUT2D eigenvalue weighted by Gasteiger charge is -2.49. The Balaban J connectivity index is 2.33. The standard InChI is InChI=1S/C22H22BrNO5/c1-13(26)20-18(14-8-4-3-5-9-14)21(24(28)29)19(16(12-25)22(20,2)27)15-10-6-7-11-17(15)23/h3-12,16,18-21,27H,1-2H3/t16-,18+,19-,20+,21+,22-/m0/s1. The molecule has 2 aromatic carbocycles. The van der Waals surface area contributed by atoms with Crippen molar-refractivity contribution in [3.05, 3.63) is 80.3 Å². The van der Waals surface area contributed by atoms with E-state index in [4.69, 9.17) is 0 Å². The summed E-state index contributed by atoms with van der Waals surface area (Å²) in [4.78, 5) is 36.7. The number of ketones is 1. The number of aldehydes is 1. The second-order valence-electron chi connectivity index (χ2n) is 7.74. The fraction of sp³-hybridized carbons (Fsp3) is 0.364. The number of hydrogen-bond acceptors (Lipinski definition) is 5. The van der Waals surface area contributed by atoms with E-state index >= 15 is 0 Å². The van der Waals surface area contributed by atoms with E-state index in [-0.39, 0.29) is 5.78 Å².